The number of aromatic nitrogens is 4. The van der Waals surface area contributed by atoms with Crippen LogP contribution in [0.4, 0.5) is 16.7 Å². The lowest BCUT2D eigenvalue weighted by Crippen LogP contribution is -2.48. The minimum atomic E-state index is -0.521. The zero-order chi connectivity index (χ0) is 20.9. The summed E-state index contributed by atoms with van der Waals surface area (Å²) in [6, 6.07) is 5.78. The second kappa shape index (κ2) is 9.11. The van der Waals surface area contributed by atoms with Gasteiger partial charge in [0.25, 0.3) is 0 Å². The molecule has 0 aliphatic heterocycles. The van der Waals surface area contributed by atoms with Crippen molar-refractivity contribution in [1.82, 2.24) is 24.4 Å². The highest BCUT2D eigenvalue weighted by Gasteiger charge is 2.37. The van der Waals surface area contributed by atoms with E-state index in [2.05, 4.69) is 19.9 Å². The van der Waals surface area contributed by atoms with Crippen LogP contribution in [0.5, 0.6) is 0 Å². The van der Waals surface area contributed by atoms with Gasteiger partial charge in [0.15, 0.2) is 0 Å². The molecule has 1 aliphatic carbocycles. The van der Waals surface area contributed by atoms with Gasteiger partial charge in [0.1, 0.15) is 5.76 Å². The maximum atomic E-state index is 12.7. The molecule has 2 aromatic rings. The van der Waals surface area contributed by atoms with Crippen molar-refractivity contribution in [3.05, 3.63) is 65.8 Å². The van der Waals surface area contributed by atoms with Crippen molar-refractivity contribution in [2.45, 2.75) is 12.8 Å². The van der Waals surface area contributed by atoms with Crippen molar-refractivity contribution in [2.24, 2.45) is 0 Å². The minimum absolute atomic E-state index is 0.0139. The SMILES string of the molecule is CN(CCc1ccccn1)c1nc(Cl)nc([N+](C)(C)C(=O)OC2=CC[CH]C=C2)n1. The Balaban J connectivity index is 1.75. The van der Waals surface area contributed by atoms with Crippen molar-refractivity contribution < 1.29 is 9.53 Å². The zero-order valence-electron chi connectivity index (χ0n) is 16.6. The minimum Gasteiger partial charge on any atom is -0.381 e. The average molecular weight is 415 g/mol. The van der Waals surface area contributed by atoms with Gasteiger partial charge in [0, 0.05) is 31.9 Å². The monoisotopic (exact) mass is 414 g/mol. The number of hydrogen-bond acceptors (Lipinski definition) is 7. The highest BCUT2D eigenvalue weighted by atomic mass is 35.5. The first-order valence-corrected chi connectivity index (χ1v) is 9.53. The van der Waals surface area contributed by atoms with Gasteiger partial charge in [0.05, 0.1) is 14.1 Å². The molecule has 2 aromatic heterocycles. The topological polar surface area (TPSA) is 81.1 Å². The normalized spacial score (nSPS) is 13.7. The summed E-state index contributed by atoms with van der Waals surface area (Å²) in [6.45, 7) is 0.628. The lowest BCUT2D eigenvalue weighted by atomic mass is 10.2. The van der Waals surface area contributed by atoms with Crippen LogP contribution in [-0.4, -0.2) is 53.7 Å². The number of likely N-dealkylation sites (N-methyl/N-ethyl adjacent to an activating group) is 1. The number of rotatable bonds is 6. The van der Waals surface area contributed by atoms with Crippen molar-refractivity contribution in [1.29, 1.82) is 0 Å². The van der Waals surface area contributed by atoms with Crippen LogP contribution in [0.1, 0.15) is 12.1 Å². The van der Waals surface area contributed by atoms with Crippen LogP contribution in [0.15, 0.2) is 48.4 Å². The van der Waals surface area contributed by atoms with Crippen LogP contribution >= 0.6 is 11.6 Å². The number of pyridine rings is 1. The first-order valence-electron chi connectivity index (χ1n) is 9.16. The van der Waals surface area contributed by atoms with Crippen LogP contribution in [0.3, 0.4) is 0 Å². The predicted octanol–water partition coefficient (Wildman–Crippen LogP) is 3.35. The highest BCUT2D eigenvalue weighted by molar-refractivity contribution is 6.28. The lowest BCUT2D eigenvalue weighted by molar-refractivity contribution is 0.148. The van der Waals surface area contributed by atoms with Gasteiger partial charge in [-0.3, -0.25) is 4.98 Å². The molecule has 0 atom stereocenters. The summed E-state index contributed by atoms with van der Waals surface area (Å²) in [6.07, 6.45) is 10.0. The van der Waals surface area contributed by atoms with E-state index in [-0.39, 0.29) is 15.7 Å². The second-order valence-corrected chi connectivity index (χ2v) is 7.29. The van der Waals surface area contributed by atoms with E-state index in [1.165, 1.54) is 0 Å². The molecule has 0 fully saturated rings. The molecule has 0 spiro atoms. The summed E-state index contributed by atoms with van der Waals surface area (Å²) in [7, 11) is 5.14. The quantitative estimate of drug-likeness (QED) is 0.670. The first kappa shape index (κ1) is 20.9. The maximum absolute atomic E-state index is 12.7. The molecule has 0 bridgehead atoms. The van der Waals surface area contributed by atoms with Gasteiger partial charge in [-0.05, 0) is 48.7 Å². The van der Waals surface area contributed by atoms with E-state index in [1.807, 2.05) is 48.7 Å². The number of carbonyl (C=O) groups is 1. The second-order valence-electron chi connectivity index (χ2n) is 6.96. The molecular weight excluding hydrogens is 392 g/mol. The third kappa shape index (κ3) is 5.36. The molecule has 29 heavy (non-hydrogen) atoms. The van der Waals surface area contributed by atoms with E-state index in [0.717, 1.165) is 12.1 Å². The smallest absolute Gasteiger partial charge is 0.381 e. The molecule has 8 nitrogen and oxygen atoms in total. The van der Waals surface area contributed by atoms with Gasteiger partial charge in [0.2, 0.25) is 11.2 Å². The Labute approximate surface area is 175 Å². The summed E-state index contributed by atoms with van der Waals surface area (Å²) >= 11 is 6.12. The summed E-state index contributed by atoms with van der Waals surface area (Å²) in [5, 5.41) is 0.0139. The first-order chi connectivity index (χ1) is 13.9. The Hall–Kier alpha value is -2.84. The van der Waals surface area contributed by atoms with E-state index >= 15 is 0 Å². The summed E-state index contributed by atoms with van der Waals surface area (Å²) in [5.41, 5.74) is 0.963. The van der Waals surface area contributed by atoms with Crippen LogP contribution in [0.2, 0.25) is 5.28 Å². The summed E-state index contributed by atoms with van der Waals surface area (Å²) in [5.74, 6) is 1.07. The van der Waals surface area contributed by atoms with Crippen LogP contribution in [-0.2, 0) is 11.2 Å². The fraction of sp³-hybridized carbons (Fsp3) is 0.300. The number of ether oxygens (including phenoxy) is 1. The number of carbonyl (C=O) groups excluding carboxylic acids is 1. The molecular formula is C20H23ClN6O2+. The Kier molecular flexibility index (Phi) is 6.56. The van der Waals surface area contributed by atoms with Crippen molar-refractivity contribution in [2.75, 3.05) is 32.6 Å². The molecule has 1 amide bonds. The zero-order valence-corrected chi connectivity index (χ0v) is 17.4. The molecule has 0 unspecified atom stereocenters. The molecule has 1 radical (unpaired) electrons. The predicted molar refractivity (Wildman–Crippen MR) is 112 cm³/mol. The largest absolute Gasteiger partial charge is 0.528 e. The Morgan fingerprint density at radius 1 is 1.28 bits per heavy atom. The van der Waals surface area contributed by atoms with Crippen LogP contribution < -0.4 is 9.38 Å². The lowest BCUT2D eigenvalue weighted by Gasteiger charge is -2.24. The van der Waals surface area contributed by atoms with Gasteiger partial charge in [-0.15, -0.1) is 9.97 Å². The molecule has 151 valence electrons. The highest BCUT2D eigenvalue weighted by Crippen LogP contribution is 2.22. The van der Waals surface area contributed by atoms with Crippen LogP contribution in [0.25, 0.3) is 0 Å². The van der Waals surface area contributed by atoms with Gasteiger partial charge in [-0.25, -0.2) is 0 Å². The molecule has 1 aliphatic rings. The van der Waals surface area contributed by atoms with E-state index in [1.54, 1.807) is 26.4 Å². The van der Waals surface area contributed by atoms with E-state index in [9.17, 15) is 4.79 Å². The number of nitrogens with zero attached hydrogens (tertiary/aromatic N) is 6. The Bertz CT molecular complexity index is 930. The van der Waals surface area contributed by atoms with Crippen LogP contribution in [0, 0.1) is 6.42 Å². The molecule has 0 N–H and O–H groups in total. The number of quaternary nitrogens is 1. The number of amides is 1. The maximum Gasteiger partial charge on any atom is 0.528 e. The number of hydrogen-bond donors (Lipinski definition) is 0. The summed E-state index contributed by atoms with van der Waals surface area (Å²) in [4.78, 5) is 31.7. The number of halogens is 1. The summed E-state index contributed by atoms with van der Waals surface area (Å²) < 4.78 is 5.14. The molecule has 9 heteroatoms. The Morgan fingerprint density at radius 3 is 2.79 bits per heavy atom. The van der Waals surface area contributed by atoms with E-state index < -0.39 is 6.09 Å². The van der Waals surface area contributed by atoms with Gasteiger partial charge in [-0.1, -0.05) is 12.1 Å². The molecule has 0 saturated carbocycles. The number of allylic oxidation sites excluding steroid dienone is 3. The van der Waals surface area contributed by atoms with Gasteiger partial charge < -0.3 is 9.64 Å². The fourth-order valence-electron chi connectivity index (χ4n) is 2.54. The van der Waals surface area contributed by atoms with Gasteiger partial charge in [-0.2, -0.15) is 14.3 Å². The number of anilines is 1. The average Bonchev–Trinajstić information content (AvgIpc) is 2.73. The third-order valence-corrected chi connectivity index (χ3v) is 4.54. The molecule has 2 heterocycles. The molecule has 0 saturated heterocycles. The fourth-order valence-corrected chi connectivity index (χ4v) is 2.70. The van der Waals surface area contributed by atoms with Crippen molar-refractivity contribution >= 4 is 29.6 Å². The van der Waals surface area contributed by atoms with Gasteiger partial charge >= 0.3 is 12.0 Å². The standard InChI is InChI=1S/C20H23ClN6O2/c1-26(14-12-15-9-7-8-13-22-15)18-23-17(21)24-19(25-18)27(2,3)20(28)29-16-10-5-4-6-11-16/h4-5,7-11,13H,6,12,14H2,1-3H3/q+1. The van der Waals surface area contributed by atoms with E-state index in [0.29, 0.717) is 24.7 Å². The molecule has 0 aromatic carbocycles. The third-order valence-electron chi connectivity index (χ3n) is 4.37. The van der Waals surface area contributed by atoms with E-state index in [4.69, 9.17) is 16.3 Å². The molecule has 3 rings (SSSR count). The van der Waals surface area contributed by atoms with Crippen molar-refractivity contribution in [3.63, 3.8) is 0 Å². The van der Waals surface area contributed by atoms with Crippen molar-refractivity contribution in [3.8, 4) is 0 Å². The Morgan fingerprint density at radius 2 is 2.10 bits per heavy atom.